The molecule has 1 aliphatic rings. The highest BCUT2D eigenvalue weighted by Crippen LogP contribution is 2.32. The summed E-state index contributed by atoms with van der Waals surface area (Å²) in [6.07, 6.45) is -6.18. The lowest BCUT2D eigenvalue weighted by atomic mass is 9.76. The van der Waals surface area contributed by atoms with E-state index >= 15 is 0 Å². The Kier molecular flexibility index (Phi) is 18.4. The van der Waals surface area contributed by atoms with E-state index in [0.29, 0.717) is 13.2 Å². The van der Waals surface area contributed by atoms with Crippen LogP contribution in [0.2, 0.25) is 0 Å². The average Bonchev–Trinajstić information content (AvgIpc) is 3.08. The van der Waals surface area contributed by atoms with Gasteiger partial charge in [0.05, 0.1) is 49.1 Å². The van der Waals surface area contributed by atoms with Crippen molar-refractivity contribution in [2.75, 3.05) is 41.8 Å². The maximum atomic E-state index is 13.9. The lowest BCUT2D eigenvalue weighted by Gasteiger charge is -2.36. The number of cyclic esters (lactones) is 1. The van der Waals surface area contributed by atoms with Crippen LogP contribution in [0.3, 0.4) is 0 Å². The van der Waals surface area contributed by atoms with Crippen LogP contribution in [0.5, 0.6) is 0 Å². The van der Waals surface area contributed by atoms with Gasteiger partial charge in [-0.1, -0.05) is 57.2 Å². The molecule has 0 radical (unpaired) electrons. The summed E-state index contributed by atoms with van der Waals surface area (Å²) in [5, 5.41) is 33.4. The molecule has 0 unspecified atom stereocenters. The Hall–Kier alpha value is -2.26. The summed E-state index contributed by atoms with van der Waals surface area (Å²) in [7, 11) is 5.60. The van der Waals surface area contributed by atoms with E-state index in [4.69, 9.17) is 33.2 Å². The van der Waals surface area contributed by atoms with Crippen LogP contribution in [0.4, 0.5) is 0 Å². The van der Waals surface area contributed by atoms with E-state index in [1.807, 2.05) is 50.3 Å². The number of hydrogen-bond donors (Lipinski definition) is 3. The molecule has 2 rings (SSSR count). The van der Waals surface area contributed by atoms with Gasteiger partial charge < -0.3 is 48.5 Å². The predicted octanol–water partition coefficient (Wildman–Crippen LogP) is 3.37. The van der Waals surface area contributed by atoms with Gasteiger partial charge in [-0.15, -0.1) is 0 Å². The van der Waals surface area contributed by atoms with Gasteiger partial charge >= 0.3 is 5.97 Å². The molecule has 0 spiro atoms. The van der Waals surface area contributed by atoms with Crippen LogP contribution < -0.4 is 0 Å². The molecule has 1 heterocycles. The molecule has 1 aliphatic heterocycles. The van der Waals surface area contributed by atoms with E-state index in [-0.39, 0.29) is 38.4 Å². The zero-order valence-electron chi connectivity index (χ0n) is 29.8. The highest BCUT2D eigenvalue weighted by atomic mass is 16.7. The zero-order chi connectivity index (χ0) is 35.9. The van der Waals surface area contributed by atoms with Gasteiger partial charge in [-0.2, -0.15) is 0 Å². The van der Waals surface area contributed by atoms with Gasteiger partial charge in [0.25, 0.3) is 0 Å². The standard InChI is InChI=1S/C36H58O12/c1-9-24(20-46-21-25-13-11-10-12-14-25)15-23(2)28-18-27(43-6)19-31(38)36(3,4)34(40)32(39)29(44-7)16-26(37)17-30(45-8)33(35(41)48-28)47-22-42-5/h10-15,24,26-33,37-39H,9,16-22H2,1-8H3/b23-15-/t24-,26-,27-,28+,29-,30-,31+,32-,33+/m1/s1. The van der Waals surface area contributed by atoms with Gasteiger partial charge in [0.1, 0.15) is 19.0 Å². The lowest BCUT2D eigenvalue weighted by molar-refractivity contribution is -0.185. The van der Waals surface area contributed by atoms with Crippen molar-refractivity contribution in [3.05, 3.63) is 47.5 Å². The van der Waals surface area contributed by atoms with Crippen LogP contribution in [-0.4, -0.2) is 118 Å². The van der Waals surface area contributed by atoms with Crippen molar-refractivity contribution in [3.63, 3.8) is 0 Å². The molecule has 0 bridgehead atoms. The topological polar surface area (TPSA) is 159 Å². The fourth-order valence-corrected chi connectivity index (χ4v) is 5.78. The van der Waals surface area contributed by atoms with Crippen molar-refractivity contribution < 1.29 is 58.1 Å². The van der Waals surface area contributed by atoms with E-state index in [0.717, 1.165) is 17.6 Å². The van der Waals surface area contributed by atoms with Crippen molar-refractivity contribution in [1.29, 1.82) is 0 Å². The largest absolute Gasteiger partial charge is 0.456 e. The van der Waals surface area contributed by atoms with Crippen LogP contribution in [0, 0.1) is 11.3 Å². The Morgan fingerprint density at radius 3 is 2.19 bits per heavy atom. The second kappa shape index (κ2) is 21.1. The molecule has 1 aromatic carbocycles. The molecular weight excluding hydrogens is 624 g/mol. The molecule has 1 saturated heterocycles. The molecule has 1 aromatic rings. The van der Waals surface area contributed by atoms with E-state index < -0.39 is 66.0 Å². The molecule has 274 valence electrons. The minimum Gasteiger partial charge on any atom is -0.456 e. The Labute approximate surface area is 285 Å². The SMILES string of the molecule is CC[C@H](/C=C(/C)[C@@H]1C[C@@H](OC)C[C@H](O)C(C)(C)C(=O)[C@H](O)[C@H](OC)C[C@@H](O)C[C@@H](OC)[C@H](OCOC)C(=O)O1)COCc1ccccc1. The molecule has 0 amide bonds. The van der Waals surface area contributed by atoms with Gasteiger partial charge in [-0.3, -0.25) is 4.79 Å². The summed E-state index contributed by atoms with van der Waals surface area (Å²) >= 11 is 0. The monoisotopic (exact) mass is 682 g/mol. The fraction of sp³-hybridized carbons (Fsp3) is 0.722. The number of Topliss-reactive ketones (excluding diaryl/α,β-unsaturated/α-hetero) is 1. The minimum absolute atomic E-state index is 0.00522. The maximum Gasteiger partial charge on any atom is 0.338 e. The number of hydrogen-bond acceptors (Lipinski definition) is 12. The van der Waals surface area contributed by atoms with E-state index in [1.54, 1.807) is 13.8 Å². The Balaban J connectivity index is 2.49. The first kappa shape index (κ1) is 41.9. The van der Waals surface area contributed by atoms with Crippen molar-refractivity contribution >= 4 is 11.8 Å². The Morgan fingerprint density at radius 1 is 0.958 bits per heavy atom. The first-order chi connectivity index (χ1) is 22.8. The summed E-state index contributed by atoms with van der Waals surface area (Å²) < 4.78 is 39.7. The smallest absolute Gasteiger partial charge is 0.338 e. The van der Waals surface area contributed by atoms with Crippen molar-refractivity contribution in [2.24, 2.45) is 11.3 Å². The van der Waals surface area contributed by atoms with Crippen LogP contribution in [0.1, 0.15) is 65.4 Å². The highest BCUT2D eigenvalue weighted by molar-refractivity contribution is 5.89. The first-order valence-electron chi connectivity index (χ1n) is 16.6. The second-order valence-electron chi connectivity index (χ2n) is 13.0. The van der Waals surface area contributed by atoms with Crippen LogP contribution in [0.25, 0.3) is 0 Å². The molecule has 0 aliphatic carbocycles. The molecular formula is C36H58O12. The number of ketones is 1. The highest BCUT2D eigenvalue weighted by Gasteiger charge is 2.44. The van der Waals surface area contributed by atoms with E-state index in [2.05, 4.69) is 0 Å². The predicted molar refractivity (Wildman–Crippen MR) is 178 cm³/mol. The number of carbonyl (C=O) groups is 2. The minimum atomic E-state index is -1.64. The molecule has 3 N–H and O–H groups in total. The number of carbonyl (C=O) groups excluding carboxylic acids is 2. The number of ether oxygens (including phenoxy) is 7. The fourth-order valence-electron chi connectivity index (χ4n) is 5.78. The van der Waals surface area contributed by atoms with Gasteiger partial charge in [-0.05, 0) is 24.5 Å². The third-order valence-electron chi connectivity index (χ3n) is 9.17. The van der Waals surface area contributed by atoms with Crippen LogP contribution in [0.15, 0.2) is 42.0 Å². The van der Waals surface area contributed by atoms with Gasteiger partial charge in [0.2, 0.25) is 0 Å². The molecule has 12 heteroatoms. The molecule has 9 atom stereocenters. The van der Waals surface area contributed by atoms with Crippen molar-refractivity contribution in [2.45, 2.75) is 115 Å². The van der Waals surface area contributed by atoms with Crippen LogP contribution >= 0.6 is 0 Å². The van der Waals surface area contributed by atoms with Gasteiger partial charge in [0, 0.05) is 60.0 Å². The molecule has 0 aromatic heterocycles. The number of esters is 1. The second-order valence-corrected chi connectivity index (χ2v) is 13.0. The number of aliphatic hydroxyl groups is 3. The lowest BCUT2D eigenvalue weighted by Crippen LogP contribution is -2.50. The van der Waals surface area contributed by atoms with E-state index in [1.165, 1.54) is 28.4 Å². The number of benzene rings is 1. The summed E-state index contributed by atoms with van der Waals surface area (Å²) in [5.41, 5.74) is 0.404. The maximum absolute atomic E-state index is 13.9. The zero-order valence-corrected chi connectivity index (χ0v) is 29.8. The quantitative estimate of drug-likeness (QED) is 0.158. The Bertz CT molecular complexity index is 1110. The molecule has 1 fully saturated rings. The summed E-state index contributed by atoms with van der Waals surface area (Å²) in [6, 6.07) is 9.87. The number of aliphatic hydroxyl groups excluding tert-OH is 3. The van der Waals surface area contributed by atoms with Crippen molar-refractivity contribution in [3.8, 4) is 0 Å². The molecule has 48 heavy (non-hydrogen) atoms. The summed E-state index contributed by atoms with van der Waals surface area (Å²) in [6.45, 7) is 7.65. The first-order valence-corrected chi connectivity index (χ1v) is 16.6. The van der Waals surface area contributed by atoms with Gasteiger partial charge in [0.15, 0.2) is 11.9 Å². The summed E-state index contributed by atoms with van der Waals surface area (Å²) in [4.78, 5) is 27.4. The average molecular weight is 683 g/mol. The normalized spacial score (nSPS) is 30.5. The molecule has 0 saturated carbocycles. The third kappa shape index (κ3) is 12.6. The van der Waals surface area contributed by atoms with E-state index in [9.17, 15) is 24.9 Å². The van der Waals surface area contributed by atoms with Gasteiger partial charge in [-0.25, -0.2) is 4.79 Å². The Morgan fingerprint density at radius 2 is 1.60 bits per heavy atom. The van der Waals surface area contributed by atoms with Crippen molar-refractivity contribution in [1.82, 2.24) is 0 Å². The molecule has 12 nitrogen and oxygen atoms in total. The third-order valence-corrected chi connectivity index (χ3v) is 9.17. The van der Waals surface area contributed by atoms with Crippen LogP contribution in [-0.2, 0) is 49.4 Å². The number of methoxy groups -OCH3 is 4. The summed E-state index contributed by atoms with van der Waals surface area (Å²) in [5.74, 6) is -1.37. The number of rotatable bonds is 13.